The van der Waals surface area contributed by atoms with Crippen LogP contribution >= 0.6 is 11.6 Å². The third kappa shape index (κ3) is 4.92. The summed E-state index contributed by atoms with van der Waals surface area (Å²) in [7, 11) is -3.95. The van der Waals surface area contributed by atoms with Gasteiger partial charge in [-0.25, -0.2) is 13.1 Å². The van der Waals surface area contributed by atoms with Crippen LogP contribution in [0.15, 0.2) is 23.1 Å². The van der Waals surface area contributed by atoms with Gasteiger partial charge >= 0.3 is 0 Å². The maximum Gasteiger partial charge on any atom is 0.271 e. The number of rotatable bonds is 7. The molecule has 21 heavy (non-hydrogen) atoms. The van der Waals surface area contributed by atoms with E-state index in [1.54, 1.807) is 0 Å². The van der Waals surface area contributed by atoms with Gasteiger partial charge in [-0.2, -0.15) is 0 Å². The van der Waals surface area contributed by atoms with Gasteiger partial charge in [-0.05, 0) is 19.4 Å². The average Bonchev–Trinajstić information content (AvgIpc) is 2.36. The summed E-state index contributed by atoms with van der Waals surface area (Å²) in [5.74, 6) is 0. The van der Waals surface area contributed by atoms with Crippen molar-refractivity contribution in [2.75, 3.05) is 6.54 Å². The number of nitrogens with zero attached hydrogens (tertiary/aromatic N) is 1. The van der Waals surface area contributed by atoms with Gasteiger partial charge in [0, 0.05) is 18.7 Å². The number of sulfonamides is 1. The van der Waals surface area contributed by atoms with Crippen LogP contribution in [0.2, 0.25) is 5.02 Å². The van der Waals surface area contributed by atoms with E-state index < -0.39 is 20.5 Å². The quantitative estimate of drug-likeness (QED) is 0.585. The van der Waals surface area contributed by atoms with E-state index in [0.29, 0.717) is 12.8 Å². The lowest BCUT2D eigenvalue weighted by Gasteiger charge is -2.23. The van der Waals surface area contributed by atoms with Gasteiger partial charge in [0.2, 0.25) is 10.0 Å². The maximum atomic E-state index is 12.1. The van der Waals surface area contributed by atoms with Crippen molar-refractivity contribution in [3.05, 3.63) is 33.3 Å². The number of nitrogens with one attached hydrogen (secondary N) is 1. The molecule has 0 aromatic heterocycles. The molecule has 1 rings (SSSR count). The van der Waals surface area contributed by atoms with E-state index in [4.69, 9.17) is 11.6 Å². The van der Waals surface area contributed by atoms with Crippen molar-refractivity contribution in [3.8, 4) is 0 Å². The minimum atomic E-state index is -3.95. The number of hydrogen-bond donors (Lipinski definition) is 2. The van der Waals surface area contributed by atoms with Gasteiger partial charge in [-0.15, -0.1) is 0 Å². The lowest BCUT2D eigenvalue weighted by molar-refractivity contribution is -0.384. The summed E-state index contributed by atoms with van der Waals surface area (Å²) in [6.45, 7) is 3.23. The van der Waals surface area contributed by atoms with Crippen LogP contribution in [0.1, 0.15) is 26.7 Å². The van der Waals surface area contributed by atoms with Crippen molar-refractivity contribution in [2.45, 2.75) is 37.2 Å². The SMILES string of the molecule is CCCC(C)(O)CNS(=O)(=O)c1ccc([N+](=O)[O-])cc1Cl. The van der Waals surface area contributed by atoms with Gasteiger partial charge < -0.3 is 5.11 Å². The Morgan fingerprint density at radius 3 is 2.57 bits per heavy atom. The molecule has 0 aliphatic carbocycles. The molecule has 0 fully saturated rings. The van der Waals surface area contributed by atoms with Crippen molar-refractivity contribution in [2.24, 2.45) is 0 Å². The highest BCUT2D eigenvalue weighted by Crippen LogP contribution is 2.26. The molecule has 0 radical (unpaired) electrons. The predicted octanol–water partition coefficient (Wildman–Crippen LogP) is 2.08. The summed E-state index contributed by atoms with van der Waals surface area (Å²) in [6.07, 6.45) is 1.14. The van der Waals surface area contributed by atoms with Crippen LogP contribution in [-0.2, 0) is 10.0 Å². The standard InChI is InChI=1S/C12H17ClN2O5S/c1-3-6-12(2,16)8-14-21(19,20)11-5-4-9(15(17)18)7-10(11)13/h4-5,7,14,16H,3,6,8H2,1-2H3. The monoisotopic (exact) mass is 336 g/mol. The lowest BCUT2D eigenvalue weighted by Crippen LogP contribution is -2.40. The van der Waals surface area contributed by atoms with E-state index >= 15 is 0 Å². The van der Waals surface area contributed by atoms with E-state index in [-0.39, 0.29) is 22.2 Å². The summed E-state index contributed by atoms with van der Waals surface area (Å²) < 4.78 is 26.5. The van der Waals surface area contributed by atoms with Gasteiger partial charge in [0.05, 0.1) is 15.5 Å². The predicted molar refractivity (Wildman–Crippen MR) is 78.8 cm³/mol. The van der Waals surface area contributed by atoms with Crippen molar-refractivity contribution in [1.82, 2.24) is 4.72 Å². The van der Waals surface area contributed by atoms with Gasteiger partial charge in [0.1, 0.15) is 4.90 Å². The summed E-state index contributed by atoms with van der Waals surface area (Å²) in [5.41, 5.74) is -1.47. The molecule has 1 atom stereocenters. The van der Waals surface area contributed by atoms with Crippen LogP contribution in [0.3, 0.4) is 0 Å². The van der Waals surface area contributed by atoms with Crippen molar-refractivity contribution < 1.29 is 18.4 Å². The van der Waals surface area contributed by atoms with Crippen LogP contribution in [0.5, 0.6) is 0 Å². The second-order valence-electron chi connectivity index (χ2n) is 4.94. The Morgan fingerprint density at radius 1 is 1.48 bits per heavy atom. The average molecular weight is 337 g/mol. The summed E-state index contributed by atoms with van der Waals surface area (Å²) in [5, 5.41) is 20.3. The van der Waals surface area contributed by atoms with E-state index in [1.165, 1.54) is 6.92 Å². The largest absolute Gasteiger partial charge is 0.389 e. The number of aliphatic hydroxyl groups is 1. The highest BCUT2D eigenvalue weighted by Gasteiger charge is 2.25. The minimum absolute atomic E-state index is 0.170. The van der Waals surface area contributed by atoms with E-state index in [0.717, 1.165) is 18.2 Å². The molecule has 1 unspecified atom stereocenters. The first-order chi connectivity index (χ1) is 9.59. The molecule has 0 amide bonds. The second-order valence-corrected chi connectivity index (χ2v) is 7.09. The zero-order valence-corrected chi connectivity index (χ0v) is 13.2. The van der Waals surface area contributed by atoms with E-state index in [9.17, 15) is 23.6 Å². The molecular formula is C12H17ClN2O5S. The van der Waals surface area contributed by atoms with Crippen LogP contribution in [0.4, 0.5) is 5.69 Å². The molecule has 0 heterocycles. The molecule has 118 valence electrons. The first-order valence-corrected chi connectivity index (χ1v) is 8.11. The molecule has 1 aromatic carbocycles. The van der Waals surface area contributed by atoms with Crippen molar-refractivity contribution >= 4 is 27.3 Å². The number of nitro benzene ring substituents is 1. The Kier molecular flexibility index (Phi) is 5.68. The van der Waals surface area contributed by atoms with Crippen molar-refractivity contribution in [3.63, 3.8) is 0 Å². The number of hydrogen-bond acceptors (Lipinski definition) is 5. The molecule has 0 bridgehead atoms. The minimum Gasteiger partial charge on any atom is -0.389 e. The fourth-order valence-corrected chi connectivity index (χ4v) is 3.48. The van der Waals surface area contributed by atoms with Crippen LogP contribution in [-0.4, -0.2) is 30.6 Å². The van der Waals surface area contributed by atoms with Crippen molar-refractivity contribution in [1.29, 1.82) is 0 Å². The highest BCUT2D eigenvalue weighted by molar-refractivity contribution is 7.89. The number of halogens is 1. The molecule has 2 N–H and O–H groups in total. The normalized spacial score (nSPS) is 14.7. The Bertz CT molecular complexity index is 631. The Morgan fingerprint density at radius 2 is 2.10 bits per heavy atom. The van der Waals surface area contributed by atoms with Crippen LogP contribution in [0, 0.1) is 10.1 Å². The Hall–Kier alpha value is -1.22. The fraction of sp³-hybridized carbons (Fsp3) is 0.500. The fourth-order valence-electron chi connectivity index (χ4n) is 1.78. The molecule has 0 aliphatic heterocycles. The van der Waals surface area contributed by atoms with E-state index in [1.807, 2.05) is 6.92 Å². The highest BCUT2D eigenvalue weighted by atomic mass is 35.5. The smallest absolute Gasteiger partial charge is 0.271 e. The number of non-ortho nitro benzene ring substituents is 1. The van der Waals surface area contributed by atoms with Crippen LogP contribution < -0.4 is 4.72 Å². The molecule has 0 saturated carbocycles. The molecule has 0 aliphatic rings. The van der Waals surface area contributed by atoms with Gasteiger partial charge in [-0.3, -0.25) is 10.1 Å². The molecule has 0 spiro atoms. The molecule has 1 aromatic rings. The first-order valence-electron chi connectivity index (χ1n) is 6.25. The van der Waals surface area contributed by atoms with Crippen LogP contribution in [0.25, 0.3) is 0 Å². The third-order valence-corrected chi connectivity index (χ3v) is 4.73. The van der Waals surface area contributed by atoms with Gasteiger partial charge in [0.25, 0.3) is 5.69 Å². The molecular weight excluding hydrogens is 320 g/mol. The zero-order valence-electron chi connectivity index (χ0n) is 11.7. The first kappa shape index (κ1) is 17.8. The third-order valence-electron chi connectivity index (χ3n) is 2.85. The topological polar surface area (TPSA) is 110 Å². The summed E-state index contributed by atoms with van der Waals surface area (Å²) in [4.78, 5) is 9.67. The Labute approximate surface area is 128 Å². The lowest BCUT2D eigenvalue weighted by atomic mass is 10.0. The van der Waals surface area contributed by atoms with Gasteiger partial charge in [0.15, 0.2) is 0 Å². The summed E-state index contributed by atoms with van der Waals surface area (Å²) >= 11 is 5.78. The Balaban J connectivity index is 2.96. The second kappa shape index (κ2) is 6.69. The molecule has 9 heteroatoms. The van der Waals surface area contributed by atoms with Gasteiger partial charge in [-0.1, -0.05) is 24.9 Å². The summed E-state index contributed by atoms with van der Waals surface area (Å²) in [6, 6.07) is 3.10. The molecule has 0 saturated heterocycles. The number of nitro groups is 1. The van der Waals surface area contributed by atoms with E-state index in [2.05, 4.69) is 4.72 Å². The number of benzene rings is 1. The molecule has 7 nitrogen and oxygen atoms in total. The zero-order chi connectivity index (χ0) is 16.3. The maximum absolute atomic E-state index is 12.1.